The molecular weight excluding hydrogens is 272 g/mol. The van der Waals surface area contributed by atoms with Gasteiger partial charge >= 0.3 is 0 Å². The predicted molar refractivity (Wildman–Crippen MR) is 72.1 cm³/mol. The third-order valence-corrected chi connectivity index (χ3v) is 5.02. The molecule has 1 unspecified atom stereocenters. The van der Waals surface area contributed by atoms with E-state index in [-0.39, 0.29) is 22.5 Å². The number of rotatable bonds is 5. The minimum atomic E-state index is -3.58. The Labute approximate surface area is 113 Å². The molecule has 1 aromatic rings. The molecule has 1 saturated carbocycles. The Bertz CT molecular complexity index is 541. The van der Waals surface area contributed by atoms with Crippen LogP contribution >= 0.6 is 11.6 Å². The SMILES string of the molecule is Cc1ccc(Cl)c(S(=O)(=O)NCC(N)C2CC2)c1. The van der Waals surface area contributed by atoms with Crippen LogP contribution in [0.3, 0.4) is 0 Å². The monoisotopic (exact) mass is 288 g/mol. The lowest BCUT2D eigenvalue weighted by molar-refractivity contribution is 0.547. The van der Waals surface area contributed by atoms with Crippen LogP contribution in [0.25, 0.3) is 0 Å². The fraction of sp³-hybridized carbons (Fsp3) is 0.500. The first-order valence-corrected chi connectivity index (χ1v) is 7.77. The third-order valence-electron chi connectivity index (χ3n) is 3.11. The maximum Gasteiger partial charge on any atom is 0.242 e. The van der Waals surface area contributed by atoms with E-state index < -0.39 is 10.0 Å². The van der Waals surface area contributed by atoms with Gasteiger partial charge in [-0.1, -0.05) is 17.7 Å². The van der Waals surface area contributed by atoms with Crippen molar-refractivity contribution in [1.29, 1.82) is 0 Å². The van der Waals surface area contributed by atoms with Crippen LogP contribution in [0.4, 0.5) is 0 Å². The van der Waals surface area contributed by atoms with Crippen molar-refractivity contribution in [3.8, 4) is 0 Å². The molecule has 4 nitrogen and oxygen atoms in total. The average Bonchev–Trinajstić information content (AvgIpc) is 3.13. The Kier molecular flexibility index (Phi) is 3.96. The summed E-state index contributed by atoms with van der Waals surface area (Å²) in [7, 11) is -3.58. The second-order valence-corrected chi connectivity index (χ2v) is 6.93. The molecule has 2 rings (SSSR count). The molecule has 0 aromatic heterocycles. The van der Waals surface area contributed by atoms with Gasteiger partial charge in [0.15, 0.2) is 0 Å². The summed E-state index contributed by atoms with van der Waals surface area (Å²) in [6, 6.07) is 4.82. The highest BCUT2D eigenvalue weighted by Gasteiger charge is 2.29. The van der Waals surface area contributed by atoms with E-state index >= 15 is 0 Å². The van der Waals surface area contributed by atoms with Gasteiger partial charge in [-0.3, -0.25) is 0 Å². The summed E-state index contributed by atoms with van der Waals surface area (Å²) in [4.78, 5) is 0.118. The summed E-state index contributed by atoms with van der Waals surface area (Å²) in [6.07, 6.45) is 2.18. The highest BCUT2D eigenvalue weighted by Crippen LogP contribution is 2.31. The second-order valence-electron chi connectivity index (χ2n) is 4.79. The maximum atomic E-state index is 12.1. The lowest BCUT2D eigenvalue weighted by atomic mass is 10.2. The summed E-state index contributed by atoms with van der Waals surface area (Å²) >= 11 is 5.92. The number of halogens is 1. The first kappa shape index (κ1) is 13.8. The van der Waals surface area contributed by atoms with Gasteiger partial charge in [0.05, 0.1) is 5.02 Å². The van der Waals surface area contributed by atoms with Gasteiger partial charge in [-0.2, -0.15) is 0 Å². The van der Waals surface area contributed by atoms with Gasteiger partial charge in [0.1, 0.15) is 4.90 Å². The number of sulfonamides is 1. The van der Waals surface area contributed by atoms with Crippen LogP contribution in [-0.2, 0) is 10.0 Å². The fourth-order valence-electron chi connectivity index (χ4n) is 1.79. The van der Waals surface area contributed by atoms with Crippen LogP contribution in [0.2, 0.25) is 5.02 Å². The smallest absolute Gasteiger partial charge is 0.242 e. The van der Waals surface area contributed by atoms with E-state index in [1.54, 1.807) is 18.2 Å². The summed E-state index contributed by atoms with van der Waals surface area (Å²) in [5, 5.41) is 0.230. The van der Waals surface area contributed by atoms with Gasteiger partial charge in [0.25, 0.3) is 0 Å². The lowest BCUT2D eigenvalue weighted by Gasteiger charge is -2.13. The molecule has 18 heavy (non-hydrogen) atoms. The lowest BCUT2D eigenvalue weighted by Crippen LogP contribution is -2.38. The highest BCUT2D eigenvalue weighted by atomic mass is 35.5. The average molecular weight is 289 g/mol. The normalized spacial score (nSPS) is 17.7. The van der Waals surface area contributed by atoms with Gasteiger partial charge in [-0.25, -0.2) is 13.1 Å². The molecular formula is C12H17ClN2O2S. The standard InChI is InChI=1S/C12H17ClN2O2S/c1-8-2-5-10(13)12(6-8)18(16,17)15-7-11(14)9-3-4-9/h2,5-6,9,11,15H,3-4,7,14H2,1H3. The minimum absolute atomic E-state index is 0.108. The Hall–Kier alpha value is -0.620. The molecule has 0 spiro atoms. The number of nitrogens with two attached hydrogens (primary N) is 1. The molecule has 6 heteroatoms. The maximum absolute atomic E-state index is 12.1. The Morgan fingerprint density at radius 2 is 2.17 bits per heavy atom. The molecule has 0 bridgehead atoms. The second kappa shape index (κ2) is 5.17. The van der Waals surface area contributed by atoms with Crippen LogP contribution < -0.4 is 10.5 Å². The molecule has 3 N–H and O–H groups in total. The predicted octanol–water partition coefficient (Wildman–Crippen LogP) is 1.66. The van der Waals surface area contributed by atoms with Crippen molar-refractivity contribution in [2.75, 3.05) is 6.54 Å². The van der Waals surface area contributed by atoms with Gasteiger partial charge in [-0.05, 0) is 43.4 Å². The molecule has 1 atom stereocenters. The van der Waals surface area contributed by atoms with Crippen molar-refractivity contribution in [1.82, 2.24) is 4.72 Å². The molecule has 1 aliphatic rings. The minimum Gasteiger partial charge on any atom is -0.326 e. The molecule has 0 heterocycles. The summed E-state index contributed by atoms with van der Waals surface area (Å²) in [6.45, 7) is 2.09. The van der Waals surface area contributed by atoms with E-state index in [9.17, 15) is 8.42 Å². The summed E-state index contributed by atoms with van der Waals surface area (Å²) < 4.78 is 26.7. The number of nitrogens with one attached hydrogen (secondary N) is 1. The Morgan fingerprint density at radius 1 is 1.50 bits per heavy atom. The van der Waals surface area contributed by atoms with E-state index in [0.29, 0.717) is 5.92 Å². The van der Waals surface area contributed by atoms with Gasteiger partial charge < -0.3 is 5.73 Å². The van der Waals surface area contributed by atoms with E-state index in [4.69, 9.17) is 17.3 Å². The molecule has 0 radical (unpaired) electrons. The summed E-state index contributed by atoms with van der Waals surface area (Å²) in [5.74, 6) is 0.459. The number of benzene rings is 1. The van der Waals surface area contributed by atoms with Crippen molar-refractivity contribution in [3.63, 3.8) is 0 Å². The topological polar surface area (TPSA) is 72.2 Å². The van der Waals surface area contributed by atoms with Crippen molar-refractivity contribution >= 4 is 21.6 Å². The van der Waals surface area contributed by atoms with Crippen LogP contribution in [0.5, 0.6) is 0 Å². The largest absolute Gasteiger partial charge is 0.326 e. The number of hydrogen-bond acceptors (Lipinski definition) is 3. The van der Waals surface area contributed by atoms with Crippen LogP contribution in [0, 0.1) is 12.8 Å². The van der Waals surface area contributed by atoms with Crippen molar-refractivity contribution in [3.05, 3.63) is 28.8 Å². The van der Waals surface area contributed by atoms with E-state index in [2.05, 4.69) is 4.72 Å². The van der Waals surface area contributed by atoms with E-state index in [1.165, 1.54) is 0 Å². The first-order chi connectivity index (χ1) is 8.40. The zero-order valence-electron chi connectivity index (χ0n) is 10.2. The molecule has 0 saturated heterocycles. The van der Waals surface area contributed by atoms with Gasteiger partial charge in [0.2, 0.25) is 10.0 Å². The molecule has 0 aliphatic heterocycles. The zero-order chi connectivity index (χ0) is 13.3. The van der Waals surface area contributed by atoms with E-state index in [0.717, 1.165) is 18.4 Å². The highest BCUT2D eigenvalue weighted by molar-refractivity contribution is 7.89. The molecule has 0 amide bonds. The third kappa shape index (κ3) is 3.23. The first-order valence-electron chi connectivity index (χ1n) is 5.91. The van der Waals surface area contributed by atoms with Crippen LogP contribution in [0.15, 0.2) is 23.1 Å². The number of hydrogen-bond donors (Lipinski definition) is 2. The van der Waals surface area contributed by atoms with Crippen molar-refractivity contribution in [2.24, 2.45) is 11.7 Å². The fourth-order valence-corrected chi connectivity index (χ4v) is 3.45. The molecule has 100 valence electrons. The van der Waals surface area contributed by atoms with Gasteiger partial charge in [-0.15, -0.1) is 0 Å². The molecule has 1 aromatic carbocycles. The van der Waals surface area contributed by atoms with Gasteiger partial charge in [0, 0.05) is 12.6 Å². The van der Waals surface area contributed by atoms with Crippen LogP contribution in [0.1, 0.15) is 18.4 Å². The Morgan fingerprint density at radius 3 is 2.78 bits per heavy atom. The molecule has 1 fully saturated rings. The summed E-state index contributed by atoms with van der Waals surface area (Å²) in [5.41, 5.74) is 6.73. The molecule has 1 aliphatic carbocycles. The Balaban J connectivity index is 2.11. The quantitative estimate of drug-likeness (QED) is 0.865. The van der Waals surface area contributed by atoms with Crippen LogP contribution in [-0.4, -0.2) is 21.0 Å². The van der Waals surface area contributed by atoms with Crippen molar-refractivity contribution < 1.29 is 8.42 Å². The van der Waals surface area contributed by atoms with Crippen molar-refractivity contribution in [2.45, 2.75) is 30.7 Å². The zero-order valence-corrected chi connectivity index (χ0v) is 11.8. The van der Waals surface area contributed by atoms with E-state index in [1.807, 2.05) is 6.92 Å². The number of aryl methyl sites for hydroxylation is 1.